The van der Waals surface area contributed by atoms with E-state index in [9.17, 15) is 9.59 Å². The molecule has 6 heteroatoms. The number of rotatable bonds is 4. The molecule has 0 spiro atoms. The van der Waals surface area contributed by atoms with E-state index in [4.69, 9.17) is 5.11 Å². The van der Waals surface area contributed by atoms with Crippen LogP contribution >= 0.6 is 0 Å². The highest BCUT2D eigenvalue weighted by atomic mass is 16.4. The number of urea groups is 1. The Kier molecular flexibility index (Phi) is 4.52. The van der Waals surface area contributed by atoms with Gasteiger partial charge >= 0.3 is 12.0 Å². The number of carbonyl (C=O) groups is 2. The fraction of sp³-hybridized carbons (Fsp3) is 0.857. The van der Waals surface area contributed by atoms with Crippen LogP contribution in [0, 0.1) is 0 Å². The molecule has 1 aliphatic heterocycles. The standard InChI is InChI=1S/C14H25N3O3/c1-16-8-4-11(5-9-16)17(2)13(20)15-14(6-3-7-14)10-12(18)19/h11H,3-10H2,1-2H3,(H,15,20)(H,18,19). The van der Waals surface area contributed by atoms with E-state index in [0.29, 0.717) is 0 Å². The molecular weight excluding hydrogens is 258 g/mol. The molecule has 0 bridgehead atoms. The molecular formula is C14H25N3O3. The second-order valence-electron chi connectivity index (χ2n) is 6.28. The topological polar surface area (TPSA) is 72.9 Å². The molecule has 1 aliphatic carbocycles. The zero-order chi connectivity index (χ0) is 14.8. The molecule has 1 saturated carbocycles. The molecule has 2 amide bonds. The summed E-state index contributed by atoms with van der Waals surface area (Å²) in [7, 11) is 3.91. The van der Waals surface area contributed by atoms with Gasteiger partial charge in [-0.25, -0.2) is 4.79 Å². The number of carboxylic acid groups (broad SMARTS) is 1. The molecule has 0 unspecified atom stereocenters. The molecule has 2 rings (SSSR count). The molecule has 0 atom stereocenters. The van der Waals surface area contributed by atoms with Gasteiger partial charge < -0.3 is 20.2 Å². The predicted octanol–water partition coefficient (Wildman–Crippen LogP) is 1.12. The van der Waals surface area contributed by atoms with Gasteiger partial charge in [-0.05, 0) is 52.2 Å². The largest absolute Gasteiger partial charge is 0.481 e. The summed E-state index contributed by atoms with van der Waals surface area (Å²) in [6.07, 6.45) is 4.52. The summed E-state index contributed by atoms with van der Waals surface area (Å²) >= 11 is 0. The third-order valence-corrected chi connectivity index (χ3v) is 4.73. The van der Waals surface area contributed by atoms with Crippen LogP contribution in [0.1, 0.15) is 38.5 Å². The van der Waals surface area contributed by atoms with E-state index in [1.807, 2.05) is 7.05 Å². The quantitative estimate of drug-likeness (QED) is 0.811. The zero-order valence-corrected chi connectivity index (χ0v) is 12.4. The number of aliphatic carboxylic acids is 1. The highest BCUT2D eigenvalue weighted by molar-refractivity contribution is 5.77. The predicted molar refractivity (Wildman–Crippen MR) is 75.6 cm³/mol. The molecule has 2 fully saturated rings. The lowest BCUT2D eigenvalue weighted by atomic mass is 9.74. The van der Waals surface area contributed by atoms with Gasteiger partial charge in [0.1, 0.15) is 0 Å². The molecule has 1 saturated heterocycles. The lowest BCUT2D eigenvalue weighted by molar-refractivity contribution is -0.139. The van der Waals surface area contributed by atoms with Gasteiger partial charge in [-0.15, -0.1) is 0 Å². The van der Waals surface area contributed by atoms with Crippen LogP contribution in [0.15, 0.2) is 0 Å². The Labute approximate surface area is 120 Å². The van der Waals surface area contributed by atoms with Crippen LogP contribution in [0.5, 0.6) is 0 Å². The molecule has 20 heavy (non-hydrogen) atoms. The number of nitrogens with one attached hydrogen (secondary N) is 1. The summed E-state index contributed by atoms with van der Waals surface area (Å²) in [4.78, 5) is 27.3. The Morgan fingerprint density at radius 3 is 2.40 bits per heavy atom. The van der Waals surface area contributed by atoms with Crippen molar-refractivity contribution in [3.05, 3.63) is 0 Å². The van der Waals surface area contributed by atoms with Crippen molar-refractivity contribution in [2.24, 2.45) is 0 Å². The smallest absolute Gasteiger partial charge is 0.317 e. The lowest BCUT2D eigenvalue weighted by Crippen LogP contribution is -2.59. The first kappa shape index (κ1) is 15.1. The average Bonchev–Trinajstić information content (AvgIpc) is 2.35. The zero-order valence-electron chi connectivity index (χ0n) is 12.4. The average molecular weight is 283 g/mol. The first-order chi connectivity index (χ1) is 9.42. The van der Waals surface area contributed by atoms with Crippen molar-refractivity contribution < 1.29 is 14.7 Å². The number of hydrogen-bond donors (Lipinski definition) is 2. The number of carbonyl (C=O) groups excluding carboxylic acids is 1. The van der Waals surface area contributed by atoms with Gasteiger partial charge in [0.2, 0.25) is 0 Å². The number of likely N-dealkylation sites (tertiary alicyclic amines) is 1. The van der Waals surface area contributed by atoms with E-state index >= 15 is 0 Å². The minimum atomic E-state index is -0.841. The second kappa shape index (κ2) is 5.99. The third kappa shape index (κ3) is 3.42. The van der Waals surface area contributed by atoms with Crippen LogP contribution in [-0.2, 0) is 4.79 Å². The highest BCUT2D eigenvalue weighted by Crippen LogP contribution is 2.35. The second-order valence-corrected chi connectivity index (χ2v) is 6.28. The summed E-state index contributed by atoms with van der Waals surface area (Å²) in [5.41, 5.74) is -0.511. The van der Waals surface area contributed by atoms with Gasteiger partial charge in [0, 0.05) is 13.1 Å². The first-order valence-corrected chi connectivity index (χ1v) is 7.37. The molecule has 0 aromatic heterocycles. The van der Waals surface area contributed by atoms with Crippen molar-refractivity contribution in [1.82, 2.24) is 15.1 Å². The Bertz CT molecular complexity index is 374. The van der Waals surface area contributed by atoms with E-state index < -0.39 is 11.5 Å². The van der Waals surface area contributed by atoms with Crippen LogP contribution in [0.3, 0.4) is 0 Å². The van der Waals surface area contributed by atoms with Gasteiger partial charge in [-0.1, -0.05) is 0 Å². The summed E-state index contributed by atoms with van der Waals surface area (Å²) in [6.45, 7) is 2.01. The van der Waals surface area contributed by atoms with Gasteiger partial charge in [0.25, 0.3) is 0 Å². The van der Waals surface area contributed by atoms with Crippen molar-refractivity contribution in [2.75, 3.05) is 27.2 Å². The van der Waals surface area contributed by atoms with Crippen LogP contribution in [0.4, 0.5) is 4.79 Å². The monoisotopic (exact) mass is 283 g/mol. The summed E-state index contributed by atoms with van der Waals surface area (Å²) in [5.74, 6) is -0.841. The fourth-order valence-electron chi connectivity index (χ4n) is 3.10. The Morgan fingerprint density at radius 2 is 1.95 bits per heavy atom. The molecule has 0 aromatic rings. The molecule has 0 radical (unpaired) electrons. The number of carboxylic acids is 1. The lowest BCUT2D eigenvalue weighted by Gasteiger charge is -2.43. The minimum Gasteiger partial charge on any atom is -0.481 e. The van der Waals surface area contributed by atoms with Gasteiger partial charge in [0.15, 0.2) is 0 Å². The minimum absolute atomic E-state index is 0.0278. The van der Waals surface area contributed by atoms with Gasteiger partial charge in [-0.3, -0.25) is 4.79 Å². The molecule has 114 valence electrons. The van der Waals surface area contributed by atoms with Crippen molar-refractivity contribution in [3.8, 4) is 0 Å². The van der Waals surface area contributed by atoms with Crippen molar-refractivity contribution in [2.45, 2.75) is 50.1 Å². The van der Waals surface area contributed by atoms with E-state index in [-0.39, 0.29) is 18.5 Å². The van der Waals surface area contributed by atoms with Crippen molar-refractivity contribution in [3.63, 3.8) is 0 Å². The maximum atomic E-state index is 12.3. The normalized spacial score (nSPS) is 22.9. The number of nitrogens with zero attached hydrogens (tertiary/aromatic N) is 2. The van der Waals surface area contributed by atoms with E-state index in [2.05, 4.69) is 17.3 Å². The van der Waals surface area contributed by atoms with E-state index in [1.165, 1.54) is 0 Å². The summed E-state index contributed by atoms with van der Waals surface area (Å²) in [5, 5.41) is 11.9. The molecule has 2 aliphatic rings. The maximum Gasteiger partial charge on any atom is 0.317 e. The van der Waals surface area contributed by atoms with E-state index in [1.54, 1.807) is 4.90 Å². The van der Waals surface area contributed by atoms with Crippen LogP contribution in [-0.4, -0.2) is 65.7 Å². The van der Waals surface area contributed by atoms with Gasteiger partial charge in [0.05, 0.1) is 12.0 Å². The Morgan fingerprint density at radius 1 is 1.35 bits per heavy atom. The SMILES string of the molecule is CN1CCC(N(C)C(=O)NC2(CC(=O)O)CCC2)CC1. The molecule has 6 nitrogen and oxygen atoms in total. The summed E-state index contributed by atoms with van der Waals surface area (Å²) < 4.78 is 0. The van der Waals surface area contributed by atoms with Crippen molar-refractivity contribution in [1.29, 1.82) is 0 Å². The van der Waals surface area contributed by atoms with Crippen molar-refractivity contribution >= 4 is 12.0 Å². The number of amides is 2. The summed E-state index contributed by atoms with van der Waals surface area (Å²) in [6, 6.07) is 0.133. The number of hydrogen-bond acceptors (Lipinski definition) is 3. The van der Waals surface area contributed by atoms with Crippen LogP contribution in [0.2, 0.25) is 0 Å². The third-order valence-electron chi connectivity index (χ3n) is 4.73. The Hall–Kier alpha value is -1.30. The Balaban J connectivity index is 1.88. The number of piperidine rings is 1. The highest BCUT2D eigenvalue weighted by Gasteiger charge is 2.41. The van der Waals surface area contributed by atoms with Crippen LogP contribution < -0.4 is 5.32 Å². The molecule has 0 aromatic carbocycles. The van der Waals surface area contributed by atoms with Crippen LogP contribution in [0.25, 0.3) is 0 Å². The fourth-order valence-corrected chi connectivity index (χ4v) is 3.10. The molecule has 1 heterocycles. The van der Waals surface area contributed by atoms with Gasteiger partial charge in [-0.2, -0.15) is 0 Å². The first-order valence-electron chi connectivity index (χ1n) is 7.37. The molecule has 2 N–H and O–H groups in total. The maximum absolute atomic E-state index is 12.3. The van der Waals surface area contributed by atoms with E-state index in [0.717, 1.165) is 45.2 Å².